The lowest BCUT2D eigenvalue weighted by Gasteiger charge is -2.30. The topological polar surface area (TPSA) is 54.3 Å². The summed E-state index contributed by atoms with van der Waals surface area (Å²) in [6.45, 7) is 5.37. The first kappa shape index (κ1) is 15.1. The minimum Gasteiger partial charge on any atom is -0.346 e. The number of hydrogen-bond acceptors (Lipinski definition) is 3. The van der Waals surface area contributed by atoms with Crippen LogP contribution in [0.5, 0.6) is 0 Å². The highest BCUT2D eigenvalue weighted by atomic mass is 32.2. The zero-order chi connectivity index (χ0) is 15.3. The quantitative estimate of drug-likeness (QED) is 0.906. The number of nitrogens with one attached hydrogen (secondary N) is 1. The van der Waals surface area contributed by atoms with E-state index in [1.807, 2.05) is 33.2 Å². The third kappa shape index (κ3) is 2.64. The van der Waals surface area contributed by atoms with Gasteiger partial charge in [0.1, 0.15) is 4.90 Å². The predicted octanol–water partition coefficient (Wildman–Crippen LogP) is 2.11. The van der Waals surface area contributed by atoms with Crippen LogP contribution < -0.4 is 5.32 Å². The van der Waals surface area contributed by atoms with Gasteiger partial charge in [0.25, 0.3) is 0 Å². The molecule has 2 fully saturated rings. The van der Waals surface area contributed by atoms with Gasteiger partial charge in [-0.1, -0.05) is 0 Å². The van der Waals surface area contributed by atoms with Crippen molar-refractivity contribution in [3.63, 3.8) is 0 Å². The number of nitrogens with zero attached hydrogens (tertiary/aromatic N) is 2. The molecule has 1 aliphatic heterocycles. The van der Waals surface area contributed by atoms with Crippen molar-refractivity contribution in [3.8, 4) is 0 Å². The molecule has 0 bridgehead atoms. The van der Waals surface area contributed by atoms with Crippen molar-refractivity contribution in [1.82, 2.24) is 14.2 Å². The van der Waals surface area contributed by atoms with Gasteiger partial charge >= 0.3 is 0 Å². The van der Waals surface area contributed by atoms with E-state index in [9.17, 15) is 8.42 Å². The van der Waals surface area contributed by atoms with Crippen LogP contribution in [0.25, 0.3) is 0 Å². The summed E-state index contributed by atoms with van der Waals surface area (Å²) in [7, 11) is -1.50. The molecule has 0 atom stereocenters. The van der Waals surface area contributed by atoms with Crippen LogP contribution in [0, 0.1) is 0 Å². The van der Waals surface area contributed by atoms with Crippen LogP contribution >= 0.6 is 0 Å². The van der Waals surface area contributed by atoms with Gasteiger partial charge in [-0.3, -0.25) is 0 Å². The van der Waals surface area contributed by atoms with Crippen LogP contribution in [-0.2, 0) is 16.6 Å². The van der Waals surface area contributed by atoms with Crippen molar-refractivity contribution in [1.29, 1.82) is 0 Å². The average molecular weight is 311 g/mol. The van der Waals surface area contributed by atoms with Crippen LogP contribution in [-0.4, -0.2) is 36.4 Å². The molecular weight excluding hydrogens is 286 g/mol. The van der Waals surface area contributed by atoms with Crippen molar-refractivity contribution in [2.45, 2.75) is 62.6 Å². The van der Waals surface area contributed by atoms with E-state index in [1.54, 1.807) is 4.31 Å². The third-order valence-corrected chi connectivity index (χ3v) is 6.69. The maximum Gasteiger partial charge on any atom is 0.245 e. The maximum atomic E-state index is 13.0. The van der Waals surface area contributed by atoms with E-state index in [1.165, 1.54) is 0 Å². The zero-order valence-electron chi connectivity index (χ0n) is 13.1. The van der Waals surface area contributed by atoms with E-state index in [-0.39, 0.29) is 5.54 Å². The number of rotatable bonds is 5. The van der Waals surface area contributed by atoms with Crippen LogP contribution in [0.4, 0.5) is 0 Å². The largest absolute Gasteiger partial charge is 0.346 e. The van der Waals surface area contributed by atoms with Gasteiger partial charge in [0.2, 0.25) is 10.0 Å². The fourth-order valence-corrected chi connectivity index (χ4v) is 5.21. The molecule has 21 heavy (non-hydrogen) atoms. The minimum atomic E-state index is -3.39. The summed E-state index contributed by atoms with van der Waals surface area (Å²) in [6.07, 6.45) is 6.02. The van der Waals surface area contributed by atoms with Crippen LogP contribution in [0.15, 0.2) is 17.2 Å². The van der Waals surface area contributed by atoms with Gasteiger partial charge in [0, 0.05) is 36.6 Å². The first-order chi connectivity index (χ1) is 9.86. The monoisotopic (exact) mass is 311 g/mol. The van der Waals surface area contributed by atoms with Gasteiger partial charge < -0.3 is 9.88 Å². The summed E-state index contributed by atoms with van der Waals surface area (Å²) in [6, 6.07) is 2.34. The molecule has 5 nitrogen and oxygen atoms in total. The van der Waals surface area contributed by atoms with Gasteiger partial charge in [-0.05, 0) is 52.6 Å². The number of sulfonamides is 1. The Morgan fingerprint density at radius 2 is 2.10 bits per heavy atom. The second-order valence-corrected chi connectivity index (χ2v) is 8.69. The Balaban J connectivity index is 1.97. The highest BCUT2D eigenvalue weighted by Gasteiger charge is 2.41. The standard InChI is InChI=1S/C15H25N3O2S/c1-15(2)7-4-8-18(15)21(19,20)14-9-13(10-16-3)17(11-14)12-5-6-12/h9,11-12,16H,4-8,10H2,1-3H3. The Hall–Kier alpha value is -0.850. The molecule has 1 aromatic heterocycles. The molecule has 0 amide bonds. The van der Waals surface area contributed by atoms with E-state index in [0.717, 1.165) is 31.4 Å². The molecule has 0 aromatic carbocycles. The fraction of sp³-hybridized carbons (Fsp3) is 0.733. The SMILES string of the molecule is CNCc1cc(S(=O)(=O)N2CCCC2(C)C)cn1C1CC1. The smallest absolute Gasteiger partial charge is 0.245 e. The van der Waals surface area contributed by atoms with Gasteiger partial charge in [0.05, 0.1) is 0 Å². The second-order valence-electron chi connectivity index (χ2n) is 6.83. The van der Waals surface area contributed by atoms with Gasteiger partial charge in [-0.2, -0.15) is 4.31 Å². The lowest BCUT2D eigenvalue weighted by Crippen LogP contribution is -2.42. The van der Waals surface area contributed by atoms with Crippen molar-refractivity contribution in [2.24, 2.45) is 0 Å². The molecule has 6 heteroatoms. The van der Waals surface area contributed by atoms with Crippen molar-refractivity contribution in [3.05, 3.63) is 18.0 Å². The zero-order valence-corrected chi connectivity index (χ0v) is 13.9. The first-order valence-electron chi connectivity index (χ1n) is 7.74. The normalized spacial score (nSPS) is 22.8. The lowest BCUT2D eigenvalue weighted by molar-refractivity contribution is 0.291. The van der Waals surface area contributed by atoms with E-state index < -0.39 is 10.0 Å². The van der Waals surface area contributed by atoms with E-state index in [2.05, 4.69) is 9.88 Å². The number of hydrogen-bond donors (Lipinski definition) is 1. The van der Waals surface area contributed by atoms with Crippen LogP contribution in [0.2, 0.25) is 0 Å². The lowest BCUT2D eigenvalue weighted by atomic mass is 10.0. The van der Waals surface area contributed by atoms with Crippen molar-refractivity contribution in [2.75, 3.05) is 13.6 Å². The Labute approximate surface area is 127 Å². The van der Waals surface area contributed by atoms with Gasteiger partial charge in [-0.25, -0.2) is 8.42 Å². The highest BCUT2D eigenvalue weighted by Crippen LogP contribution is 2.39. The highest BCUT2D eigenvalue weighted by molar-refractivity contribution is 7.89. The van der Waals surface area contributed by atoms with Crippen LogP contribution in [0.1, 0.15) is 51.3 Å². The van der Waals surface area contributed by atoms with E-state index >= 15 is 0 Å². The summed E-state index contributed by atoms with van der Waals surface area (Å²) in [4.78, 5) is 0.453. The summed E-state index contributed by atoms with van der Waals surface area (Å²) in [5, 5.41) is 3.13. The summed E-state index contributed by atoms with van der Waals surface area (Å²) in [5.74, 6) is 0. The third-order valence-electron chi connectivity index (χ3n) is 4.62. The summed E-state index contributed by atoms with van der Waals surface area (Å²) < 4.78 is 29.7. The molecule has 1 aliphatic carbocycles. The summed E-state index contributed by atoms with van der Waals surface area (Å²) in [5.41, 5.74) is 0.791. The fourth-order valence-electron chi connectivity index (χ4n) is 3.31. The van der Waals surface area contributed by atoms with Crippen LogP contribution in [0.3, 0.4) is 0 Å². The van der Waals surface area contributed by atoms with Gasteiger partial charge in [0.15, 0.2) is 0 Å². The van der Waals surface area contributed by atoms with Crippen molar-refractivity contribution < 1.29 is 8.42 Å². The molecule has 3 rings (SSSR count). The van der Waals surface area contributed by atoms with Gasteiger partial charge in [-0.15, -0.1) is 0 Å². The molecule has 1 saturated heterocycles. The molecule has 1 saturated carbocycles. The number of aromatic nitrogens is 1. The predicted molar refractivity (Wildman–Crippen MR) is 82.7 cm³/mol. The second kappa shape index (κ2) is 5.11. The van der Waals surface area contributed by atoms with E-state index in [0.29, 0.717) is 24.0 Å². The molecule has 0 spiro atoms. The Kier molecular flexibility index (Phi) is 3.66. The molecule has 0 unspecified atom stereocenters. The molecular formula is C15H25N3O2S. The van der Waals surface area contributed by atoms with Crippen molar-refractivity contribution >= 4 is 10.0 Å². The molecule has 118 valence electrons. The average Bonchev–Trinajstić information content (AvgIpc) is 3.05. The molecule has 1 N–H and O–H groups in total. The summed E-state index contributed by atoms with van der Waals surface area (Å²) >= 11 is 0. The maximum absolute atomic E-state index is 13.0. The van der Waals surface area contributed by atoms with E-state index in [4.69, 9.17) is 0 Å². The Morgan fingerprint density at radius 3 is 2.62 bits per heavy atom. The molecule has 0 radical (unpaired) electrons. The Morgan fingerprint density at radius 1 is 1.38 bits per heavy atom. The molecule has 2 aliphatic rings. The molecule has 1 aromatic rings. The Bertz CT molecular complexity index is 629. The molecule has 2 heterocycles. The first-order valence-corrected chi connectivity index (χ1v) is 9.18. The minimum absolute atomic E-state index is 0.274.